The minimum absolute atomic E-state index is 0.628. The topological polar surface area (TPSA) is 50.7 Å². The van der Waals surface area contributed by atoms with Crippen molar-refractivity contribution in [1.29, 1.82) is 0 Å². The summed E-state index contributed by atoms with van der Waals surface area (Å²) in [5.41, 5.74) is 0. The molecule has 0 aliphatic heterocycles. The second-order valence-corrected chi connectivity index (χ2v) is 6.95. The summed E-state index contributed by atoms with van der Waals surface area (Å²) in [5.74, 6) is 1.44. The van der Waals surface area contributed by atoms with Gasteiger partial charge in [0.05, 0.1) is 10.0 Å². The zero-order chi connectivity index (χ0) is 15.5. The molecular weight excluding hydrogens is 359 g/mol. The lowest BCUT2D eigenvalue weighted by Gasteiger charge is -2.07. The number of aromatic nitrogens is 3. The molecule has 22 heavy (non-hydrogen) atoms. The fourth-order valence-electron chi connectivity index (χ4n) is 1.70. The molecular formula is C14H10Cl2N4S2. The highest BCUT2D eigenvalue weighted by Crippen LogP contribution is 2.38. The van der Waals surface area contributed by atoms with E-state index in [4.69, 9.17) is 23.2 Å². The molecule has 0 spiro atoms. The van der Waals surface area contributed by atoms with Crippen LogP contribution in [0.3, 0.4) is 0 Å². The molecule has 1 aromatic carbocycles. The van der Waals surface area contributed by atoms with Crippen LogP contribution in [0.1, 0.15) is 5.82 Å². The second-order valence-electron chi connectivity index (χ2n) is 4.30. The first kappa shape index (κ1) is 15.6. The summed E-state index contributed by atoms with van der Waals surface area (Å²) in [6.07, 6.45) is 1.73. The SMILES string of the molecule is Cc1nsc(Nc2cc(Sc3c(Cl)cccc3Cl)ccn2)n1. The molecule has 0 aliphatic rings. The van der Waals surface area contributed by atoms with E-state index in [1.54, 1.807) is 6.20 Å². The monoisotopic (exact) mass is 368 g/mol. The molecule has 0 unspecified atom stereocenters. The molecule has 112 valence electrons. The van der Waals surface area contributed by atoms with Gasteiger partial charge in [-0.25, -0.2) is 9.97 Å². The molecule has 0 saturated heterocycles. The highest BCUT2D eigenvalue weighted by atomic mass is 35.5. The summed E-state index contributed by atoms with van der Waals surface area (Å²) >= 11 is 15.2. The number of benzene rings is 1. The van der Waals surface area contributed by atoms with Crippen molar-refractivity contribution in [2.45, 2.75) is 16.7 Å². The van der Waals surface area contributed by atoms with Gasteiger partial charge in [-0.1, -0.05) is 41.0 Å². The van der Waals surface area contributed by atoms with Crippen LogP contribution in [0.2, 0.25) is 10.0 Å². The van der Waals surface area contributed by atoms with Gasteiger partial charge >= 0.3 is 0 Å². The van der Waals surface area contributed by atoms with Gasteiger partial charge in [0.25, 0.3) is 0 Å². The van der Waals surface area contributed by atoms with Crippen LogP contribution in [-0.4, -0.2) is 14.3 Å². The number of anilines is 2. The summed E-state index contributed by atoms with van der Waals surface area (Å²) in [5, 5.41) is 5.10. The van der Waals surface area contributed by atoms with E-state index in [1.807, 2.05) is 37.3 Å². The number of nitrogens with zero attached hydrogens (tertiary/aromatic N) is 3. The van der Waals surface area contributed by atoms with Crippen LogP contribution in [0.4, 0.5) is 10.9 Å². The van der Waals surface area contributed by atoms with Gasteiger partial charge in [-0.05, 0) is 31.2 Å². The number of nitrogens with one attached hydrogen (secondary N) is 1. The molecule has 0 atom stereocenters. The highest BCUT2D eigenvalue weighted by molar-refractivity contribution is 7.99. The van der Waals surface area contributed by atoms with Crippen LogP contribution in [-0.2, 0) is 0 Å². The van der Waals surface area contributed by atoms with Gasteiger partial charge in [-0.2, -0.15) is 4.37 Å². The number of halogens is 2. The molecule has 0 aliphatic carbocycles. The first-order valence-electron chi connectivity index (χ1n) is 6.27. The first-order chi connectivity index (χ1) is 10.6. The second kappa shape index (κ2) is 6.83. The van der Waals surface area contributed by atoms with Gasteiger partial charge < -0.3 is 5.32 Å². The molecule has 1 N–H and O–H groups in total. The maximum atomic E-state index is 6.20. The predicted octanol–water partition coefficient (Wildman–Crippen LogP) is 5.44. The van der Waals surface area contributed by atoms with Crippen LogP contribution in [0, 0.1) is 6.92 Å². The number of hydrogen-bond acceptors (Lipinski definition) is 6. The average Bonchev–Trinajstić information content (AvgIpc) is 2.89. The van der Waals surface area contributed by atoms with Crippen molar-refractivity contribution in [1.82, 2.24) is 14.3 Å². The van der Waals surface area contributed by atoms with Gasteiger partial charge in [-0.15, -0.1) is 0 Å². The standard InChI is InChI=1S/C14H10Cl2N4S2/c1-8-18-14(22-20-8)19-12-7-9(5-6-17-12)21-13-10(15)3-2-4-11(13)16/h2-7H,1H3,(H,17,18,19,20). The molecule has 2 aromatic heterocycles. The Morgan fingerprint density at radius 2 is 1.95 bits per heavy atom. The maximum absolute atomic E-state index is 6.20. The molecule has 3 aromatic rings. The molecule has 0 saturated carbocycles. The lowest BCUT2D eigenvalue weighted by Crippen LogP contribution is -1.92. The van der Waals surface area contributed by atoms with Crippen LogP contribution in [0.25, 0.3) is 0 Å². The summed E-state index contributed by atoms with van der Waals surface area (Å²) < 4.78 is 4.13. The largest absolute Gasteiger partial charge is 0.315 e. The molecule has 2 heterocycles. The van der Waals surface area contributed by atoms with E-state index in [2.05, 4.69) is 19.7 Å². The summed E-state index contributed by atoms with van der Waals surface area (Å²) in [7, 11) is 0. The van der Waals surface area contributed by atoms with E-state index in [1.165, 1.54) is 23.3 Å². The summed E-state index contributed by atoms with van der Waals surface area (Å²) in [6, 6.07) is 9.29. The van der Waals surface area contributed by atoms with E-state index >= 15 is 0 Å². The van der Waals surface area contributed by atoms with Gasteiger partial charge in [0.2, 0.25) is 5.13 Å². The molecule has 0 bridgehead atoms. The molecule has 0 amide bonds. The Bertz CT molecular complexity index is 787. The highest BCUT2D eigenvalue weighted by Gasteiger charge is 2.09. The van der Waals surface area contributed by atoms with Crippen molar-refractivity contribution in [3.8, 4) is 0 Å². The summed E-state index contributed by atoms with van der Waals surface area (Å²) in [6.45, 7) is 1.85. The third kappa shape index (κ3) is 3.70. The lowest BCUT2D eigenvalue weighted by atomic mass is 10.4. The maximum Gasteiger partial charge on any atom is 0.208 e. The molecule has 4 nitrogen and oxygen atoms in total. The minimum Gasteiger partial charge on any atom is -0.315 e. The Labute approximate surface area is 146 Å². The minimum atomic E-state index is 0.628. The Balaban J connectivity index is 1.82. The first-order valence-corrected chi connectivity index (χ1v) is 8.61. The van der Waals surface area contributed by atoms with Crippen LogP contribution in [0.5, 0.6) is 0 Å². The van der Waals surface area contributed by atoms with E-state index in [9.17, 15) is 0 Å². The third-order valence-corrected chi connectivity index (χ3v) is 5.34. The Kier molecular flexibility index (Phi) is 4.83. The fraction of sp³-hybridized carbons (Fsp3) is 0.0714. The average molecular weight is 369 g/mol. The van der Waals surface area contributed by atoms with Gasteiger partial charge in [0.1, 0.15) is 11.6 Å². The predicted molar refractivity (Wildman–Crippen MR) is 92.8 cm³/mol. The van der Waals surface area contributed by atoms with E-state index in [0.29, 0.717) is 21.0 Å². The molecule has 3 rings (SSSR count). The van der Waals surface area contributed by atoms with Crippen molar-refractivity contribution >= 4 is 57.4 Å². The van der Waals surface area contributed by atoms with Crippen LogP contribution in [0.15, 0.2) is 46.3 Å². The van der Waals surface area contributed by atoms with Crippen molar-refractivity contribution in [3.05, 3.63) is 52.4 Å². The quantitative estimate of drug-likeness (QED) is 0.663. The van der Waals surface area contributed by atoms with Gasteiger partial charge in [0, 0.05) is 27.5 Å². The zero-order valence-corrected chi connectivity index (χ0v) is 14.5. The Morgan fingerprint density at radius 1 is 1.18 bits per heavy atom. The Morgan fingerprint density at radius 3 is 2.64 bits per heavy atom. The van der Waals surface area contributed by atoms with E-state index in [0.717, 1.165) is 15.6 Å². The summed E-state index contributed by atoms with van der Waals surface area (Å²) in [4.78, 5) is 10.3. The molecule has 8 heteroatoms. The zero-order valence-electron chi connectivity index (χ0n) is 11.4. The lowest BCUT2D eigenvalue weighted by molar-refractivity contribution is 1.16. The number of hydrogen-bond donors (Lipinski definition) is 1. The molecule has 0 fully saturated rings. The Hall–Kier alpha value is -1.34. The van der Waals surface area contributed by atoms with Crippen LogP contribution >= 0.6 is 46.5 Å². The fourth-order valence-corrected chi connectivity index (χ4v) is 3.78. The van der Waals surface area contributed by atoms with E-state index in [-0.39, 0.29) is 0 Å². The van der Waals surface area contributed by atoms with Gasteiger partial charge in [0.15, 0.2) is 0 Å². The van der Waals surface area contributed by atoms with Crippen molar-refractivity contribution in [3.63, 3.8) is 0 Å². The van der Waals surface area contributed by atoms with Crippen molar-refractivity contribution in [2.24, 2.45) is 0 Å². The van der Waals surface area contributed by atoms with Crippen molar-refractivity contribution < 1.29 is 0 Å². The number of pyridine rings is 1. The third-order valence-electron chi connectivity index (χ3n) is 2.63. The number of rotatable bonds is 4. The smallest absolute Gasteiger partial charge is 0.208 e. The normalized spacial score (nSPS) is 10.7. The van der Waals surface area contributed by atoms with Crippen molar-refractivity contribution in [2.75, 3.05) is 5.32 Å². The van der Waals surface area contributed by atoms with E-state index < -0.39 is 0 Å². The van der Waals surface area contributed by atoms with Crippen LogP contribution < -0.4 is 5.32 Å². The van der Waals surface area contributed by atoms with Gasteiger partial charge in [-0.3, -0.25) is 0 Å². The molecule has 0 radical (unpaired) electrons. The number of aryl methyl sites for hydroxylation is 1.